The monoisotopic (exact) mass is 437 g/mol. The van der Waals surface area contributed by atoms with Crippen LogP contribution in [0.2, 0.25) is 0 Å². The van der Waals surface area contributed by atoms with Crippen LogP contribution in [-0.4, -0.2) is 30.7 Å². The molecule has 2 N–H and O–H groups in total. The van der Waals surface area contributed by atoms with E-state index in [9.17, 15) is 28.9 Å². The quantitative estimate of drug-likeness (QED) is 0.209. The van der Waals surface area contributed by atoms with Crippen LogP contribution in [0, 0.1) is 21.7 Å². The van der Waals surface area contributed by atoms with Crippen molar-refractivity contribution in [3.63, 3.8) is 0 Å². The summed E-state index contributed by atoms with van der Waals surface area (Å²) in [6.07, 6.45) is 3.66. The van der Waals surface area contributed by atoms with Crippen molar-refractivity contribution in [2.24, 2.45) is 0 Å². The van der Waals surface area contributed by atoms with Gasteiger partial charge in [-0.1, -0.05) is 12.1 Å². The van der Waals surface area contributed by atoms with Crippen LogP contribution in [-0.2, 0) is 4.79 Å². The molecule has 0 aliphatic carbocycles. The summed E-state index contributed by atoms with van der Waals surface area (Å²) in [6, 6.07) is 10.3. The summed E-state index contributed by atoms with van der Waals surface area (Å²) < 4.78 is 28.1. The SMILES string of the molecule is O=C(C=Cc1ccc(F)cc1)Nc1ccc(-c2nc3ncc([N+](=O)[O-])cc3n2O)c(F)c1. The number of carbonyl (C=O) groups is 1. The molecular formula is C21H13F2N5O4. The zero-order valence-corrected chi connectivity index (χ0v) is 16.1. The molecule has 0 unspecified atom stereocenters. The van der Waals surface area contributed by atoms with E-state index in [2.05, 4.69) is 15.3 Å². The Kier molecular flexibility index (Phi) is 5.29. The van der Waals surface area contributed by atoms with Gasteiger partial charge in [-0.25, -0.2) is 18.7 Å². The van der Waals surface area contributed by atoms with Crippen molar-refractivity contribution in [1.29, 1.82) is 0 Å². The lowest BCUT2D eigenvalue weighted by atomic mass is 10.1. The summed E-state index contributed by atoms with van der Waals surface area (Å²) in [5, 5.41) is 23.7. The molecule has 11 heteroatoms. The van der Waals surface area contributed by atoms with Gasteiger partial charge in [-0.05, 0) is 42.0 Å². The van der Waals surface area contributed by atoms with Gasteiger partial charge in [-0.15, -0.1) is 0 Å². The molecule has 32 heavy (non-hydrogen) atoms. The number of pyridine rings is 1. The van der Waals surface area contributed by atoms with Gasteiger partial charge in [0.1, 0.15) is 23.3 Å². The van der Waals surface area contributed by atoms with E-state index in [-0.39, 0.29) is 33.9 Å². The topological polar surface area (TPSA) is 123 Å². The van der Waals surface area contributed by atoms with Gasteiger partial charge in [0.2, 0.25) is 5.91 Å². The Morgan fingerprint density at radius 3 is 2.59 bits per heavy atom. The predicted molar refractivity (Wildman–Crippen MR) is 111 cm³/mol. The molecule has 1 amide bonds. The Bertz CT molecular complexity index is 1380. The summed E-state index contributed by atoms with van der Waals surface area (Å²) in [4.78, 5) is 30.1. The number of carbonyl (C=O) groups excluding carboxylic acids is 1. The summed E-state index contributed by atoms with van der Waals surface area (Å²) >= 11 is 0. The Balaban J connectivity index is 1.55. The molecule has 0 radical (unpaired) electrons. The van der Waals surface area contributed by atoms with Crippen molar-refractivity contribution >= 4 is 34.5 Å². The van der Waals surface area contributed by atoms with Gasteiger partial charge in [-0.3, -0.25) is 14.9 Å². The van der Waals surface area contributed by atoms with E-state index < -0.39 is 22.5 Å². The summed E-state index contributed by atoms with van der Waals surface area (Å²) in [6.45, 7) is 0. The molecule has 0 aliphatic rings. The van der Waals surface area contributed by atoms with Crippen molar-refractivity contribution < 1.29 is 23.7 Å². The molecule has 0 fully saturated rings. The number of hydrogen-bond donors (Lipinski definition) is 2. The smallest absolute Gasteiger partial charge is 0.289 e. The fourth-order valence-electron chi connectivity index (χ4n) is 2.92. The molecule has 0 saturated heterocycles. The van der Waals surface area contributed by atoms with E-state index in [0.29, 0.717) is 10.3 Å². The van der Waals surface area contributed by atoms with E-state index in [4.69, 9.17) is 0 Å². The lowest BCUT2D eigenvalue weighted by molar-refractivity contribution is -0.385. The maximum absolute atomic E-state index is 14.7. The third kappa shape index (κ3) is 4.12. The van der Waals surface area contributed by atoms with E-state index in [1.807, 2.05) is 0 Å². The standard InChI is InChI=1S/C21H13F2N5O4/c22-13-4-1-12(2-5-13)3-8-19(29)25-14-6-7-16(17(23)9-14)21-26-20-18(27(21)30)10-15(11-24-20)28(31)32/h1-11,30H,(H,25,29). The van der Waals surface area contributed by atoms with Crippen molar-refractivity contribution in [1.82, 2.24) is 14.7 Å². The first-order valence-corrected chi connectivity index (χ1v) is 9.08. The Morgan fingerprint density at radius 2 is 1.91 bits per heavy atom. The van der Waals surface area contributed by atoms with Crippen LogP contribution < -0.4 is 5.32 Å². The second kappa shape index (κ2) is 8.22. The first-order valence-electron chi connectivity index (χ1n) is 9.08. The molecule has 4 rings (SSSR count). The fourth-order valence-corrected chi connectivity index (χ4v) is 2.92. The number of rotatable bonds is 5. The normalized spacial score (nSPS) is 11.2. The highest BCUT2D eigenvalue weighted by atomic mass is 19.1. The zero-order chi connectivity index (χ0) is 22.8. The van der Waals surface area contributed by atoms with E-state index in [0.717, 1.165) is 18.3 Å². The summed E-state index contributed by atoms with van der Waals surface area (Å²) in [5.74, 6) is -1.94. The van der Waals surface area contributed by atoms with Gasteiger partial charge in [0, 0.05) is 17.8 Å². The van der Waals surface area contributed by atoms with Gasteiger partial charge in [-0.2, -0.15) is 4.73 Å². The fraction of sp³-hybridized carbons (Fsp3) is 0. The molecule has 9 nitrogen and oxygen atoms in total. The minimum absolute atomic E-state index is 0.00388. The molecule has 0 atom stereocenters. The van der Waals surface area contributed by atoms with Crippen LogP contribution in [0.5, 0.6) is 0 Å². The Hall–Kier alpha value is -4.67. The number of amides is 1. The zero-order valence-electron chi connectivity index (χ0n) is 16.1. The maximum Gasteiger partial charge on any atom is 0.289 e. The second-order valence-electron chi connectivity index (χ2n) is 6.61. The van der Waals surface area contributed by atoms with Crippen LogP contribution in [0.3, 0.4) is 0 Å². The number of benzene rings is 2. The largest absolute Gasteiger partial charge is 0.426 e. The third-order valence-corrected chi connectivity index (χ3v) is 4.46. The molecule has 4 aromatic rings. The molecule has 160 valence electrons. The van der Waals surface area contributed by atoms with Gasteiger partial charge < -0.3 is 10.5 Å². The molecule has 0 aliphatic heterocycles. The summed E-state index contributed by atoms with van der Waals surface area (Å²) in [5.41, 5.74) is 0.236. The van der Waals surface area contributed by atoms with E-state index >= 15 is 0 Å². The van der Waals surface area contributed by atoms with Crippen LogP contribution in [0.1, 0.15) is 5.56 Å². The lowest BCUT2D eigenvalue weighted by Crippen LogP contribution is -2.08. The molecule has 2 aromatic heterocycles. The molecular weight excluding hydrogens is 424 g/mol. The van der Waals surface area contributed by atoms with Gasteiger partial charge in [0.05, 0.1) is 10.5 Å². The predicted octanol–water partition coefficient (Wildman–Crippen LogP) is 4.17. The number of fused-ring (bicyclic) bond motifs is 1. The third-order valence-electron chi connectivity index (χ3n) is 4.46. The number of nitrogens with zero attached hydrogens (tertiary/aromatic N) is 4. The molecule has 0 spiro atoms. The first-order chi connectivity index (χ1) is 15.3. The van der Waals surface area contributed by atoms with Crippen LogP contribution in [0.15, 0.2) is 60.8 Å². The minimum Gasteiger partial charge on any atom is -0.426 e. The highest BCUT2D eigenvalue weighted by Crippen LogP contribution is 2.28. The van der Waals surface area contributed by atoms with Crippen molar-refractivity contribution in [3.05, 3.63) is 88.1 Å². The van der Waals surface area contributed by atoms with Gasteiger partial charge >= 0.3 is 0 Å². The second-order valence-corrected chi connectivity index (χ2v) is 6.61. The number of aromatic nitrogens is 3. The number of nitrogens with one attached hydrogen (secondary N) is 1. The maximum atomic E-state index is 14.7. The number of imidazole rings is 1. The van der Waals surface area contributed by atoms with Crippen molar-refractivity contribution in [3.8, 4) is 11.4 Å². The molecule has 0 bridgehead atoms. The first kappa shape index (κ1) is 20.6. The number of halogens is 2. The van der Waals surface area contributed by atoms with Crippen LogP contribution in [0.25, 0.3) is 28.6 Å². The Labute approximate surface area is 178 Å². The van der Waals surface area contributed by atoms with Crippen LogP contribution >= 0.6 is 0 Å². The average Bonchev–Trinajstić information content (AvgIpc) is 3.09. The summed E-state index contributed by atoms with van der Waals surface area (Å²) in [7, 11) is 0. The molecule has 2 heterocycles. The Morgan fingerprint density at radius 1 is 1.16 bits per heavy atom. The lowest BCUT2D eigenvalue weighted by Gasteiger charge is -2.06. The minimum atomic E-state index is -0.801. The van der Waals surface area contributed by atoms with Gasteiger partial charge in [0.25, 0.3) is 5.69 Å². The van der Waals surface area contributed by atoms with Crippen molar-refractivity contribution in [2.45, 2.75) is 0 Å². The molecule has 2 aromatic carbocycles. The highest BCUT2D eigenvalue weighted by molar-refractivity contribution is 6.02. The van der Waals surface area contributed by atoms with E-state index in [1.54, 1.807) is 0 Å². The highest BCUT2D eigenvalue weighted by Gasteiger charge is 2.19. The van der Waals surface area contributed by atoms with Crippen LogP contribution in [0.4, 0.5) is 20.2 Å². The van der Waals surface area contributed by atoms with Crippen molar-refractivity contribution in [2.75, 3.05) is 5.32 Å². The number of hydrogen-bond acceptors (Lipinski definition) is 6. The molecule has 0 saturated carbocycles. The van der Waals surface area contributed by atoms with E-state index in [1.165, 1.54) is 48.6 Å². The van der Waals surface area contributed by atoms with Gasteiger partial charge in [0.15, 0.2) is 11.5 Å². The average molecular weight is 437 g/mol. The number of nitro groups is 1. The number of anilines is 1.